The van der Waals surface area contributed by atoms with Gasteiger partial charge in [0.05, 0.1) is 4.92 Å². The smallest absolute Gasteiger partial charge is 0.327 e. The zero-order valence-electron chi connectivity index (χ0n) is 8.94. The van der Waals surface area contributed by atoms with Crippen molar-refractivity contribution in [3.8, 4) is 0 Å². The summed E-state index contributed by atoms with van der Waals surface area (Å²) in [6, 6.07) is 4.36. The lowest BCUT2D eigenvalue weighted by Crippen LogP contribution is -2.34. The minimum Gasteiger partial charge on any atom is -0.377 e. The van der Waals surface area contributed by atoms with Gasteiger partial charge in [-0.05, 0) is 30.9 Å². The van der Waals surface area contributed by atoms with E-state index in [9.17, 15) is 14.5 Å². The second kappa shape index (κ2) is 4.08. The molecule has 1 aliphatic rings. The molecule has 86 valence electrons. The lowest BCUT2D eigenvalue weighted by Gasteiger charge is -2.33. The van der Waals surface area contributed by atoms with Crippen LogP contribution in [0.1, 0.15) is 19.8 Å². The number of rotatable bonds is 3. The van der Waals surface area contributed by atoms with Crippen LogP contribution in [-0.4, -0.2) is 11.0 Å². The number of nitrogens with one attached hydrogen (secondary N) is 1. The van der Waals surface area contributed by atoms with Crippen molar-refractivity contribution in [1.29, 1.82) is 0 Å². The highest BCUT2D eigenvalue weighted by Crippen LogP contribution is 2.33. The van der Waals surface area contributed by atoms with Crippen molar-refractivity contribution in [2.24, 2.45) is 5.92 Å². The van der Waals surface area contributed by atoms with Crippen LogP contribution < -0.4 is 5.32 Å². The van der Waals surface area contributed by atoms with E-state index in [1.54, 1.807) is 6.07 Å². The summed E-state index contributed by atoms with van der Waals surface area (Å²) in [4.78, 5) is 10.0. The number of nitrogens with zero attached hydrogens (tertiary/aromatic N) is 1. The molecule has 0 saturated heterocycles. The Bertz CT molecular complexity index is 416. The Labute approximate surface area is 92.6 Å². The summed E-state index contributed by atoms with van der Waals surface area (Å²) in [5.74, 6) is -0.146. The SMILES string of the molecule is CC1CC(Nc2cccc(F)c2[N+](=O)[O-])C1. The average molecular weight is 224 g/mol. The van der Waals surface area contributed by atoms with E-state index < -0.39 is 16.4 Å². The van der Waals surface area contributed by atoms with Gasteiger partial charge in [-0.1, -0.05) is 13.0 Å². The topological polar surface area (TPSA) is 55.2 Å². The predicted molar refractivity (Wildman–Crippen MR) is 58.9 cm³/mol. The molecule has 0 aliphatic heterocycles. The minimum atomic E-state index is -0.789. The molecule has 16 heavy (non-hydrogen) atoms. The fourth-order valence-electron chi connectivity index (χ4n) is 2.06. The molecule has 0 heterocycles. The van der Waals surface area contributed by atoms with E-state index >= 15 is 0 Å². The standard InChI is InChI=1S/C11H13FN2O2/c1-7-5-8(6-7)13-10-4-2-3-9(12)11(10)14(15)16/h2-4,7-8,13H,5-6H2,1H3. The second-order valence-corrected chi connectivity index (χ2v) is 4.31. The normalized spacial score (nSPS) is 23.6. The molecular formula is C11H13FN2O2. The van der Waals surface area contributed by atoms with Gasteiger partial charge in [0, 0.05) is 6.04 Å². The number of hydrogen-bond acceptors (Lipinski definition) is 3. The third kappa shape index (κ3) is 1.98. The van der Waals surface area contributed by atoms with Crippen LogP contribution >= 0.6 is 0 Å². The maximum Gasteiger partial charge on any atom is 0.327 e. The highest BCUT2D eigenvalue weighted by molar-refractivity contribution is 5.62. The third-order valence-electron chi connectivity index (χ3n) is 2.90. The van der Waals surface area contributed by atoms with Crippen LogP contribution in [-0.2, 0) is 0 Å². The first kappa shape index (κ1) is 10.9. The maximum absolute atomic E-state index is 13.3. The van der Waals surface area contributed by atoms with E-state index in [4.69, 9.17) is 0 Å². The summed E-state index contributed by atoms with van der Waals surface area (Å²) in [7, 11) is 0. The largest absolute Gasteiger partial charge is 0.377 e. The van der Waals surface area contributed by atoms with Crippen molar-refractivity contribution in [3.05, 3.63) is 34.1 Å². The molecule has 0 spiro atoms. The van der Waals surface area contributed by atoms with Crippen LogP contribution in [0.3, 0.4) is 0 Å². The van der Waals surface area contributed by atoms with Crippen LogP contribution in [0.2, 0.25) is 0 Å². The van der Waals surface area contributed by atoms with E-state index in [-0.39, 0.29) is 11.7 Å². The Morgan fingerprint density at radius 3 is 2.75 bits per heavy atom. The molecule has 1 fully saturated rings. The zero-order valence-corrected chi connectivity index (χ0v) is 8.94. The first-order valence-corrected chi connectivity index (χ1v) is 5.27. The van der Waals surface area contributed by atoms with Crippen molar-refractivity contribution in [3.63, 3.8) is 0 Å². The van der Waals surface area contributed by atoms with Crippen LogP contribution in [0.4, 0.5) is 15.8 Å². The Morgan fingerprint density at radius 1 is 1.50 bits per heavy atom. The highest BCUT2D eigenvalue weighted by Gasteiger charge is 2.28. The van der Waals surface area contributed by atoms with Gasteiger partial charge in [0.2, 0.25) is 5.82 Å². The molecular weight excluding hydrogens is 211 g/mol. The Balaban J connectivity index is 2.19. The number of hydrogen-bond donors (Lipinski definition) is 1. The van der Waals surface area contributed by atoms with Crippen molar-refractivity contribution < 1.29 is 9.31 Å². The average Bonchev–Trinajstić information content (AvgIpc) is 2.14. The molecule has 0 amide bonds. The van der Waals surface area contributed by atoms with Crippen molar-refractivity contribution in [2.75, 3.05) is 5.32 Å². The molecule has 1 aromatic carbocycles. The Kier molecular flexibility index (Phi) is 2.77. The molecule has 0 radical (unpaired) electrons. The van der Waals surface area contributed by atoms with Gasteiger partial charge in [-0.25, -0.2) is 0 Å². The molecule has 0 atom stereocenters. The number of anilines is 1. The molecule has 2 rings (SSSR count). The number of nitro benzene ring substituents is 1. The lowest BCUT2D eigenvalue weighted by atomic mass is 9.82. The Morgan fingerprint density at radius 2 is 2.19 bits per heavy atom. The van der Waals surface area contributed by atoms with Crippen molar-refractivity contribution >= 4 is 11.4 Å². The van der Waals surface area contributed by atoms with Gasteiger partial charge in [0.25, 0.3) is 0 Å². The van der Waals surface area contributed by atoms with Gasteiger partial charge < -0.3 is 5.32 Å². The summed E-state index contributed by atoms with van der Waals surface area (Å²) in [6.45, 7) is 2.12. The summed E-state index contributed by atoms with van der Waals surface area (Å²) in [5, 5.41) is 13.7. The Hall–Kier alpha value is -1.65. The van der Waals surface area contributed by atoms with Gasteiger partial charge in [0.15, 0.2) is 0 Å². The van der Waals surface area contributed by atoms with Crippen LogP contribution in [0.5, 0.6) is 0 Å². The van der Waals surface area contributed by atoms with E-state index in [1.165, 1.54) is 6.07 Å². The summed E-state index contributed by atoms with van der Waals surface area (Å²) in [5.41, 5.74) is -0.177. The summed E-state index contributed by atoms with van der Waals surface area (Å²) in [6.07, 6.45) is 1.96. The quantitative estimate of drug-likeness (QED) is 0.634. The van der Waals surface area contributed by atoms with Crippen LogP contribution in [0.15, 0.2) is 18.2 Å². The second-order valence-electron chi connectivity index (χ2n) is 4.31. The number of nitro groups is 1. The molecule has 0 bridgehead atoms. The van der Waals surface area contributed by atoms with Gasteiger partial charge in [-0.3, -0.25) is 10.1 Å². The predicted octanol–water partition coefficient (Wildman–Crippen LogP) is 2.94. The van der Waals surface area contributed by atoms with Crippen LogP contribution in [0, 0.1) is 21.8 Å². The van der Waals surface area contributed by atoms with Crippen LogP contribution in [0.25, 0.3) is 0 Å². The molecule has 0 aromatic heterocycles. The van der Waals surface area contributed by atoms with E-state index in [2.05, 4.69) is 12.2 Å². The number of benzene rings is 1. The highest BCUT2D eigenvalue weighted by atomic mass is 19.1. The monoisotopic (exact) mass is 224 g/mol. The third-order valence-corrected chi connectivity index (χ3v) is 2.90. The fraction of sp³-hybridized carbons (Fsp3) is 0.455. The molecule has 1 saturated carbocycles. The van der Waals surface area contributed by atoms with E-state index in [1.807, 2.05) is 0 Å². The van der Waals surface area contributed by atoms with E-state index in [0.29, 0.717) is 5.92 Å². The van der Waals surface area contributed by atoms with E-state index in [0.717, 1.165) is 18.9 Å². The molecule has 1 aliphatic carbocycles. The molecule has 1 aromatic rings. The molecule has 0 unspecified atom stereocenters. The number of halogens is 1. The van der Waals surface area contributed by atoms with Gasteiger partial charge in [0.1, 0.15) is 5.69 Å². The summed E-state index contributed by atoms with van der Waals surface area (Å²) >= 11 is 0. The lowest BCUT2D eigenvalue weighted by molar-refractivity contribution is -0.386. The van der Waals surface area contributed by atoms with Gasteiger partial charge in [-0.2, -0.15) is 4.39 Å². The van der Waals surface area contributed by atoms with Gasteiger partial charge >= 0.3 is 5.69 Å². The maximum atomic E-state index is 13.3. The molecule has 5 heteroatoms. The number of para-hydroxylation sites is 1. The minimum absolute atomic E-state index is 0.232. The van der Waals surface area contributed by atoms with Crippen molar-refractivity contribution in [1.82, 2.24) is 0 Å². The molecule has 4 nitrogen and oxygen atoms in total. The summed E-state index contributed by atoms with van der Waals surface area (Å²) < 4.78 is 13.3. The fourth-order valence-corrected chi connectivity index (χ4v) is 2.06. The zero-order chi connectivity index (χ0) is 11.7. The van der Waals surface area contributed by atoms with Gasteiger partial charge in [-0.15, -0.1) is 0 Å². The molecule has 1 N–H and O–H groups in total. The first-order chi connectivity index (χ1) is 7.58. The first-order valence-electron chi connectivity index (χ1n) is 5.27. The van der Waals surface area contributed by atoms with Crippen molar-refractivity contribution in [2.45, 2.75) is 25.8 Å².